The highest BCUT2D eigenvalue weighted by atomic mass is 16.6. The number of hydrogen-bond acceptors (Lipinski definition) is 3. The molecule has 0 aromatic carbocycles. The molecule has 5 nitrogen and oxygen atoms in total. The van der Waals surface area contributed by atoms with Crippen LogP contribution in [0.3, 0.4) is 0 Å². The number of carboxylic acid groups (broad SMARTS) is 1. The smallest absolute Gasteiger partial charge is 0.415 e. The zero-order chi connectivity index (χ0) is 15.2. The SMILES string of the molecule is C=C=CCC[C@@]12CC[C@H]3C(=C)OC(=O)N([C@@H]31)[C@H](C(=O)O)C2. The number of aliphatic carboxylic acids is 1. The molecular formula is C16H19NO4. The summed E-state index contributed by atoms with van der Waals surface area (Å²) < 4.78 is 5.18. The fourth-order valence-corrected chi connectivity index (χ4v) is 4.43. The van der Waals surface area contributed by atoms with Crippen molar-refractivity contribution in [2.24, 2.45) is 11.3 Å². The quantitative estimate of drug-likeness (QED) is 0.808. The third kappa shape index (κ3) is 1.92. The zero-order valence-corrected chi connectivity index (χ0v) is 11.9. The lowest BCUT2D eigenvalue weighted by Crippen LogP contribution is -2.52. The molecule has 0 unspecified atom stereocenters. The Kier molecular flexibility index (Phi) is 3.18. The normalized spacial score (nSPS) is 37.0. The third-order valence-electron chi connectivity index (χ3n) is 5.26. The van der Waals surface area contributed by atoms with E-state index in [0.29, 0.717) is 12.2 Å². The molecule has 0 aromatic heterocycles. The molecule has 2 saturated heterocycles. The van der Waals surface area contributed by atoms with Gasteiger partial charge in [0.25, 0.3) is 0 Å². The summed E-state index contributed by atoms with van der Waals surface area (Å²) in [5, 5.41) is 9.45. The predicted octanol–water partition coefficient (Wildman–Crippen LogP) is 2.70. The first-order valence-corrected chi connectivity index (χ1v) is 7.26. The topological polar surface area (TPSA) is 66.8 Å². The van der Waals surface area contributed by atoms with Gasteiger partial charge in [0, 0.05) is 5.92 Å². The third-order valence-corrected chi connectivity index (χ3v) is 5.26. The van der Waals surface area contributed by atoms with Crippen LogP contribution in [0.4, 0.5) is 4.79 Å². The van der Waals surface area contributed by atoms with Crippen molar-refractivity contribution in [1.29, 1.82) is 0 Å². The van der Waals surface area contributed by atoms with Gasteiger partial charge in [-0.2, -0.15) is 0 Å². The van der Waals surface area contributed by atoms with Crippen molar-refractivity contribution >= 4 is 12.1 Å². The minimum Gasteiger partial charge on any atom is -0.480 e. The maximum atomic E-state index is 12.1. The lowest BCUT2D eigenvalue weighted by molar-refractivity contribution is -0.142. The zero-order valence-electron chi connectivity index (χ0n) is 11.9. The Morgan fingerprint density at radius 3 is 3.05 bits per heavy atom. The van der Waals surface area contributed by atoms with Crippen molar-refractivity contribution < 1.29 is 19.4 Å². The Balaban J connectivity index is 1.97. The van der Waals surface area contributed by atoms with Gasteiger partial charge in [-0.15, -0.1) is 5.73 Å². The van der Waals surface area contributed by atoms with Crippen LogP contribution in [0.25, 0.3) is 0 Å². The number of cyclic esters (lactones) is 1. The Labute approximate surface area is 123 Å². The number of carbonyl (C=O) groups is 2. The Bertz CT molecular complexity index is 563. The second kappa shape index (κ2) is 4.78. The van der Waals surface area contributed by atoms with Gasteiger partial charge in [-0.25, -0.2) is 9.59 Å². The number of rotatable bonds is 4. The first-order chi connectivity index (χ1) is 10.00. The van der Waals surface area contributed by atoms with E-state index in [1.807, 2.05) is 6.08 Å². The minimum absolute atomic E-state index is 0.0553. The number of allylic oxidation sites excluding steroid dienone is 1. The van der Waals surface area contributed by atoms with Crippen molar-refractivity contribution in [2.45, 2.75) is 44.2 Å². The van der Waals surface area contributed by atoms with Crippen molar-refractivity contribution in [3.05, 3.63) is 30.7 Å². The van der Waals surface area contributed by atoms with Gasteiger partial charge in [0.1, 0.15) is 11.8 Å². The Morgan fingerprint density at radius 2 is 2.38 bits per heavy atom. The molecule has 0 spiro atoms. The maximum absolute atomic E-state index is 12.1. The van der Waals surface area contributed by atoms with Gasteiger partial charge < -0.3 is 9.84 Å². The highest BCUT2D eigenvalue weighted by Gasteiger charge is 2.64. The Hall–Kier alpha value is -2.00. The second-order valence-electron chi connectivity index (χ2n) is 6.20. The Morgan fingerprint density at radius 1 is 1.62 bits per heavy atom. The van der Waals surface area contributed by atoms with Crippen LogP contribution in [-0.4, -0.2) is 34.2 Å². The lowest BCUT2D eigenvalue weighted by Gasteiger charge is -2.39. The van der Waals surface area contributed by atoms with E-state index in [9.17, 15) is 14.7 Å². The van der Waals surface area contributed by atoms with Crippen LogP contribution >= 0.6 is 0 Å². The van der Waals surface area contributed by atoms with Crippen molar-refractivity contribution in [3.8, 4) is 0 Å². The van der Waals surface area contributed by atoms with Crippen LogP contribution in [-0.2, 0) is 9.53 Å². The molecule has 112 valence electrons. The lowest BCUT2D eigenvalue weighted by atomic mass is 9.75. The highest BCUT2D eigenvalue weighted by Crippen LogP contribution is 2.59. The first kappa shape index (κ1) is 14.0. The van der Waals surface area contributed by atoms with Gasteiger partial charge in [-0.1, -0.05) is 13.2 Å². The molecular weight excluding hydrogens is 270 g/mol. The van der Waals surface area contributed by atoms with Crippen LogP contribution in [0.2, 0.25) is 0 Å². The summed E-state index contributed by atoms with van der Waals surface area (Å²) in [5.74, 6) is -0.403. The van der Waals surface area contributed by atoms with E-state index in [4.69, 9.17) is 4.74 Å². The molecule has 1 N–H and O–H groups in total. The molecule has 2 heterocycles. The van der Waals surface area contributed by atoms with Crippen LogP contribution in [0, 0.1) is 11.3 Å². The van der Waals surface area contributed by atoms with Crippen molar-refractivity contribution in [3.63, 3.8) is 0 Å². The molecule has 21 heavy (non-hydrogen) atoms. The molecule has 3 fully saturated rings. The molecule has 0 aromatic rings. The van der Waals surface area contributed by atoms with E-state index < -0.39 is 18.1 Å². The fourth-order valence-electron chi connectivity index (χ4n) is 4.43. The predicted molar refractivity (Wildman–Crippen MR) is 75.4 cm³/mol. The summed E-state index contributed by atoms with van der Waals surface area (Å²) in [7, 11) is 0. The van der Waals surface area contributed by atoms with E-state index in [1.165, 1.54) is 4.90 Å². The van der Waals surface area contributed by atoms with Gasteiger partial charge in [0.15, 0.2) is 0 Å². The summed E-state index contributed by atoms with van der Waals surface area (Å²) in [5.41, 5.74) is 2.61. The van der Waals surface area contributed by atoms with Gasteiger partial charge in [-0.3, -0.25) is 4.90 Å². The average Bonchev–Trinajstić information content (AvgIpc) is 2.93. The van der Waals surface area contributed by atoms with Crippen molar-refractivity contribution in [2.75, 3.05) is 0 Å². The number of amides is 1. The van der Waals surface area contributed by atoms with E-state index >= 15 is 0 Å². The van der Waals surface area contributed by atoms with Crippen LogP contribution in [0.1, 0.15) is 32.1 Å². The molecule has 1 aliphatic carbocycles. The van der Waals surface area contributed by atoms with Crippen LogP contribution < -0.4 is 0 Å². The van der Waals surface area contributed by atoms with E-state index in [2.05, 4.69) is 18.9 Å². The molecule has 3 aliphatic rings. The average molecular weight is 289 g/mol. The molecule has 4 atom stereocenters. The second-order valence-corrected chi connectivity index (χ2v) is 6.20. The summed E-state index contributed by atoms with van der Waals surface area (Å²) >= 11 is 0. The fraction of sp³-hybridized carbons (Fsp3) is 0.562. The number of hydrogen-bond donors (Lipinski definition) is 1. The van der Waals surface area contributed by atoms with E-state index in [-0.39, 0.29) is 17.4 Å². The number of carbonyl (C=O) groups excluding carboxylic acids is 1. The number of nitrogens with zero attached hydrogens (tertiary/aromatic N) is 1. The standard InChI is InChI=1S/C16H19NO4/c1-3-4-5-7-16-8-6-11-10(2)21-15(20)17(13(11)16)12(9-16)14(18)19/h4,11-13H,1-2,5-9H2,(H,18,19)/t11-,12-,13-,16-/m0/s1. The number of carboxylic acids is 1. The van der Waals surface area contributed by atoms with E-state index in [0.717, 1.165) is 25.7 Å². The molecule has 3 rings (SSSR count). The summed E-state index contributed by atoms with van der Waals surface area (Å²) in [6.07, 6.45) is 5.26. The molecule has 1 amide bonds. The van der Waals surface area contributed by atoms with Crippen molar-refractivity contribution in [1.82, 2.24) is 4.90 Å². The van der Waals surface area contributed by atoms with Gasteiger partial charge in [0.2, 0.25) is 0 Å². The number of ether oxygens (including phenoxy) is 1. The minimum atomic E-state index is -0.953. The first-order valence-electron chi connectivity index (χ1n) is 7.26. The van der Waals surface area contributed by atoms with E-state index in [1.54, 1.807) is 0 Å². The van der Waals surface area contributed by atoms with Gasteiger partial charge >= 0.3 is 12.1 Å². The molecule has 0 bridgehead atoms. The molecule has 1 saturated carbocycles. The van der Waals surface area contributed by atoms with Gasteiger partial charge in [0.05, 0.1) is 6.04 Å². The summed E-state index contributed by atoms with van der Waals surface area (Å²) in [4.78, 5) is 25.1. The summed E-state index contributed by atoms with van der Waals surface area (Å²) in [6, 6.07) is -0.878. The monoisotopic (exact) mass is 289 g/mol. The molecule has 5 heteroatoms. The molecule has 0 radical (unpaired) electrons. The summed E-state index contributed by atoms with van der Waals surface area (Å²) in [6.45, 7) is 7.41. The van der Waals surface area contributed by atoms with Gasteiger partial charge in [-0.05, 0) is 43.6 Å². The largest absolute Gasteiger partial charge is 0.480 e. The van der Waals surface area contributed by atoms with Crippen LogP contribution in [0.5, 0.6) is 0 Å². The maximum Gasteiger partial charge on any atom is 0.415 e. The molecule has 2 aliphatic heterocycles. The highest BCUT2D eigenvalue weighted by molar-refractivity contribution is 5.82. The van der Waals surface area contributed by atoms with Crippen LogP contribution in [0.15, 0.2) is 30.7 Å².